The number of rotatable bonds is 7. The molecule has 1 heterocycles. The lowest BCUT2D eigenvalue weighted by Gasteiger charge is -2.13. The van der Waals surface area contributed by atoms with Crippen LogP contribution in [-0.4, -0.2) is 39.2 Å². The van der Waals surface area contributed by atoms with E-state index < -0.39 is 22.6 Å². The van der Waals surface area contributed by atoms with Gasteiger partial charge in [-0.05, 0) is 42.5 Å². The zero-order valence-corrected chi connectivity index (χ0v) is 19.0. The van der Waals surface area contributed by atoms with E-state index in [9.17, 15) is 24.1 Å². The Morgan fingerprint density at radius 1 is 1.11 bits per heavy atom. The van der Waals surface area contributed by atoms with E-state index in [0.717, 1.165) is 23.9 Å². The van der Waals surface area contributed by atoms with Gasteiger partial charge in [0.2, 0.25) is 5.91 Å². The van der Waals surface area contributed by atoms with Gasteiger partial charge in [0.15, 0.2) is 5.16 Å². The van der Waals surface area contributed by atoms with Crippen LogP contribution in [0.15, 0.2) is 71.9 Å². The zero-order chi connectivity index (χ0) is 24.9. The number of nitro benzene ring substituents is 1. The summed E-state index contributed by atoms with van der Waals surface area (Å²) in [5.41, 5.74) is 6.24. The summed E-state index contributed by atoms with van der Waals surface area (Å²) < 4.78 is 20.2. The molecule has 1 aromatic heterocycles. The normalized spacial score (nSPS) is 10.7. The minimum absolute atomic E-state index is 0.111. The Balaban J connectivity index is 1.56. The first-order chi connectivity index (χ1) is 16.9. The van der Waals surface area contributed by atoms with Crippen molar-refractivity contribution in [2.24, 2.45) is 0 Å². The van der Waals surface area contributed by atoms with Gasteiger partial charge in [0, 0.05) is 17.7 Å². The molecule has 3 aromatic carbocycles. The summed E-state index contributed by atoms with van der Waals surface area (Å²) in [7, 11) is 1.52. The maximum atomic E-state index is 13.0. The van der Waals surface area contributed by atoms with Crippen LogP contribution in [0.3, 0.4) is 0 Å². The number of hydrogen-bond donors (Lipinski definition) is 2. The van der Waals surface area contributed by atoms with Crippen LogP contribution in [0.4, 0.5) is 10.1 Å². The molecule has 178 valence electrons. The molecule has 0 bridgehead atoms. The minimum atomic E-state index is -0.600. The number of nitro groups is 1. The van der Waals surface area contributed by atoms with Gasteiger partial charge in [0.25, 0.3) is 11.6 Å². The van der Waals surface area contributed by atoms with Crippen molar-refractivity contribution in [1.82, 2.24) is 20.4 Å². The molecule has 4 aromatic rings. The number of non-ortho nitro benzene ring substituents is 1. The maximum absolute atomic E-state index is 13.0. The van der Waals surface area contributed by atoms with Gasteiger partial charge < -0.3 is 4.74 Å². The van der Waals surface area contributed by atoms with Crippen LogP contribution in [-0.2, 0) is 4.79 Å². The zero-order valence-electron chi connectivity index (χ0n) is 18.2. The highest BCUT2D eigenvalue weighted by Crippen LogP contribution is 2.33. The Morgan fingerprint density at radius 2 is 1.86 bits per heavy atom. The lowest BCUT2D eigenvalue weighted by Crippen LogP contribution is -2.42. The molecule has 12 heteroatoms. The van der Waals surface area contributed by atoms with E-state index in [4.69, 9.17) is 4.74 Å². The van der Waals surface area contributed by atoms with Gasteiger partial charge in [-0.1, -0.05) is 23.9 Å². The largest absolute Gasteiger partial charge is 0.495 e. The van der Waals surface area contributed by atoms with E-state index in [1.807, 2.05) is 0 Å². The summed E-state index contributed by atoms with van der Waals surface area (Å²) >= 11 is 1.07. The lowest BCUT2D eigenvalue weighted by molar-refractivity contribution is -0.384. The van der Waals surface area contributed by atoms with E-state index in [-0.39, 0.29) is 17.0 Å². The third kappa shape index (κ3) is 5.22. The van der Waals surface area contributed by atoms with Gasteiger partial charge in [-0.2, -0.15) is 0 Å². The first-order valence-electron chi connectivity index (χ1n) is 10.1. The van der Waals surface area contributed by atoms with Gasteiger partial charge in [-0.3, -0.25) is 35.1 Å². The molecule has 35 heavy (non-hydrogen) atoms. The smallest absolute Gasteiger partial charge is 0.271 e. The predicted molar refractivity (Wildman–Crippen MR) is 127 cm³/mol. The van der Waals surface area contributed by atoms with Crippen LogP contribution in [0.25, 0.3) is 16.7 Å². The fourth-order valence-corrected chi connectivity index (χ4v) is 4.09. The number of imidazole rings is 1. The summed E-state index contributed by atoms with van der Waals surface area (Å²) in [5, 5.41) is 11.6. The standard InChI is InChI=1S/C23H18FN5O5S/c1-34-20-5-3-2-4-19(20)28-18-11-10-16(29(32)33)12-17(18)25-23(28)35-13-21(30)26-27-22(31)14-6-8-15(24)9-7-14/h2-12H,13H2,1H3,(H,26,30)(H,27,31). The van der Waals surface area contributed by atoms with E-state index in [0.29, 0.717) is 27.6 Å². The third-order valence-corrected chi connectivity index (χ3v) is 5.84. The van der Waals surface area contributed by atoms with Crippen molar-refractivity contribution in [3.8, 4) is 11.4 Å². The van der Waals surface area contributed by atoms with Crippen molar-refractivity contribution >= 4 is 40.3 Å². The Labute approximate surface area is 202 Å². The Bertz CT molecular complexity index is 1420. The quantitative estimate of drug-likeness (QED) is 0.228. The monoisotopic (exact) mass is 495 g/mol. The van der Waals surface area contributed by atoms with Crippen LogP contribution in [0, 0.1) is 15.9 Å². The number of carbonyl (C=O) groups excluding carboxylic acids is 2. The van der Waals surface area contributed by atoms with Crippen molar-refractivity contribution in [2.75, 3.05) is 12.9 Å². The molecule has 0 atom stereocenters. The number of benzene rings is 3. The van der Waals surface area contributed by atoms with E-state index in [1.54, 1.807) is 34.9 Å². The predicted octanol–water partition coefficient (Wildman–Crippen LogP) is 3.63. The Kier molecular flexibility index (Phi) is 6.92. The highest BCUT2D eigenvalue weighted by Gasteiger charge is 2.19. The summed E-state index contributed by atoms with van der Waals surface area (Å²) in [6.07, 6.45) is 0. The molecular weight excluding hydrogens is 477 g/mol. The fraction of sp³-hybridized carbons (Fsp3) is 0.0870. The third-order valence-electron chi connectivity index (χ3n) is 4.90. The second-order valence-electron chi connectivity index (χ2n) is 7.13. The number of nitrogens with zero attached hydrogens (tertiary/aromatic N) is 3. The highest BCUT2D eigenvalue weighted by atomic mass is 32.2. The van der Waals surface area contributed by atoms with Crippen molar-refractivity contribution in [3.05, 3.63) is 88.2 Å². The van der Waals surface area contributed by atoms with Crippen molar-refractivity contribution in [3.63, 3.8) is 0 Å². The van der Waals surface area contributed by atoms with E-state index >= 15 is 0 Å². The summed E-state index contributed by atoms with van der Waals surface area (Å²) in [5.74, 6) is -1.18. The Morgan fingerprint density at radius 3 is 2.57 bits per heavy atom. The summed E-state index contributed by atoms with van der Waals surface area (Å²) in [6.45, 7) is 0. The second kappa shape index (κ2) is 10.2. The number of fused-ring (bicyclic) bond motifs is 1. The molecule has 0 saturated carbocycles. The molecule has 2 amide bonds. The molecule has 0 aliphatic heterocycles. The number of carbonyl (C=O) groups is 2. The molecule has 2 N–H and O–H groups in total. The van der Waals surface area contributed by atoms with Crippen LogP contribution in [0.5, 0.6) is 5.75 Å². The van der Waals surface area contributed by atoms with Crippen LogP contribution < -0.4 is 15.6 Å². The number of methoxy groups -OCH3 is 1. The van der Waals surface area contributed by atoms with Crippen molar-refractivity contribution in [1.29, 1.82) is 0 Å². The number of para-hydroxylation sites is 2. The first kappa shape index (κ1) is 23.7. The topological polar surface area (TPSA) is 128 Å². The number of nitrogens with one attached hydrogen (secondary N) is 2. The number of aromatic nitrogens is 2. The number of hydrogen-bond acceptors (Lipinski definition) is 7. The van der Waals surface area contributed by atoms with Gasteiger partial charge in [0.05, 0.1) is 34.5 Å². The first-order valence-corrected chi connectivity index (χ1v) is 11.1. The average molecular weight is 495 g/mol. The molecule has 0 spiro atoms. The molecule has 0 fully saturated rings. The fourth-order valence-electron chi connectivity index (χ4n) is 3.27. The minimum Gasteiger partial charge on any atom is -0.495 e. The van der Waals surface area contributed by atoms with Crippen molar-refractivity contribution < 1.29 is 23.6 Å². The van der Waals surface area contributed by atoms with E-state index in [2.05, 4.69) is 15.8 Å². The number of halogens is 1. The van der Waals surface area contributed by atoms with Gasteiger partial charge >= 0.3 is 0 Å². The average Bonchev–Trinajstić information content (AvgIpc) is 3.23. The molecule has 0 aliphatic rings. The Hall–Kier alpha value is -4.45. The maximum Gasteiger partial charge on any atom is 0.271 e. The number of thioether (sulfide) groups is 1. The second-order valence-corrected chi connectivity index (χ2v) is 8.07. The van der Waals surface area contributed by atoms with Gasteiger partial charge in [0.1, 0.15) is 11.6 Å². The van der Waals surface area contributed by atoms with Crippen LogP contribution >= 0.6 is 11.8 Å². The molecule has 0 radical (unpaired) electrons. The summed E-state index contributed by atoms with van der Waals surface area (Å²) in [4.78, 5) is 39.7. The molecular formula is C23H18FN5O5S. The number of ether oxygens (including phenoxy) is 1. The van der Waals surface area contributed by atoms with Crippen LogP contribution in [0.1, 0.15) is 10.4 Å². The van der Waals surface area contributed by atoms with Gasteiger partial charge in [-0.25, -0.2) is 9.37 Å². The molecule has 0 saturated heterocycles. The molecule has 10 nitrogen and oxygen atoms in total. The lowest BCUT2D eigenvalue weighted by atomic mass is 10.2. The number of hydrazine groups is 1. The summed E-state index contributed by atoms with van der Waals surface area (Å²) in [6, 6.07) is 16.3. The number of amides is 2. The van der Waals surface area contributed by atoms with Crippen molar-refractivity contribution in [2.45, 2.75) is 5.16 Å². The molecule has 0 unspecified atom stereocenters. The molecule has 4 rings (SSSR count). The molecule has 0 aliphatic carbocycles. The SMILES string of the molecule is COc1ccccc1-n1c(SCC(=O)NNC(=O)c2ccc(F)cc2)nc2cc([N+](=O)[O-])ccc21. The van der Waals surface area contributed by atoms with Crippen LogP contribution in [0.2, 0.25) is 0 Å². The van der Waals surface area contributed by atoms with Gasteiger partial charge in [-0.15, -0.1) is 0 Å². The van der Waals surface area contributed by atoms with E-state index in [1.165, 1.54) is 31.4 Å². The highest BCUT2D eigenvalue weighted by molar-refractivity contribution is 7.99.